The highest BCUT2D eigenvalue weighted by atomic mass is 15.5. The minimum absolute atomic E-state index is 0.0706. The van der Waals surface area contributed by atoms with E-state index < -0.39 is 0 Å². The molecule has 0 saturated carbocycles. The summed E-state index contributed by atoms with van der Waals surface area (Å²) in [7, 11) is 0. The van der Waals surface area contributed by atoms with E-state index in [2.05, 4.69) is 58.5 Å². The Labute approximate surface area is 166 Å². The van der Waals surface area contributed by atoms with E-state index in [-0.39, 0.29) is 5.41 Å². The predicted molar refractivity (Wildman–Crippen MR) is 110 cm³/mol. The van der Waals surface area contributed by atoms with Crippen molar-refractivity contribution in [2.45, 2.75) is 71.6 Å². The summed E-state index contributed by atoms with van der Waals surface area (Å²) in [6, 6.07) is 4.25. The number of nitrogens with zero attached hydrogens (tertiary/aromatic N) is 5. The van der Waals surface area contributed by atoms with Crippen LogP contribution in [0.5, 0.6) is 0 Å². The average molecular weight is 377 g/mol. The molecule has 0 fully saturated rings. The van der Waals surface area contributed by atoms with Crippen molar-refractivity contribution >= 4 is 0 Å². The van der Waals surface area contributed by atoms with E-state index in [1.54, 1.807) is 0 Å². The first-order valence-electron chi connectivity index (χ1n) is 10.2. The van der Waals surface area contributed by atoms with Gasteiger partial charge in [0.05, 0.1) is 17.0 Å². The Balaban J connectivity index is 2.07. The van der Waals surface area contributed by atoms with Crippen LogP contribution in [0.4, 0.5) is 0 Å². The van der Waals surface area contributed by atoms with E-state index in [0.29, 0.717) is 5.82 Å². The third kappa shape index (κ3) is 3.32. The summed E-state index contributed by atoms with van der Waals surface area (Å²) in [5.41, 5.74) is 8.15. The summed E-state index contributed by atoms with van der Waals surface area (Å²) >= 11 is 0. The summed E-state index contributed by atoms with van der Waals surface area (Å²) < 4.78 is 0. The second-order valence-corrected chi connectivity index (χ2v) is 8.40. The number of aryl methyl sites for hydroxylation is 2. The first-order valence-corrected chi connectivity index (χ1v) is 10.2. The van der Waals surface area contributed by atoms with Gasteiger partial charge < -0.3 is 0 Å². The molecule has 3 heterocycles. The number of nitrogens with one attached hydrogen (secondary N) is 1. The van der Waals surface area contributed by atoms with Gasteiger partial charge in [0.2, 0.25) is 5.82 Å². The Morgan fingerprint density at radius 2 is 2.07 bits per heavy atom. The summed E-state index contributed by atoms with van der Waals surface area (Å²) in [5, 5.41) is 15.2. The molecule has 0 radical (unpaired) electrons. The summed E-state index contributed by atoms with van der Waals surface area (Å²) in [6.07, 6.45) is 8.37. The molecule has 6 nitrogen and oxygen atoms in total. The van der Waals surface area contributed by atoms with Crippen LogP contribution >= 0.6 is 0 Å². The van der Waals surface area contributed by atoms with Crippen LogP contribution in [0.15, 0.2) is 18.3 Å². The lowest BCUT2D eigenvalue weighted by Crippen LogP contribution is -2.27. The number of hydrogen-bond donors (Lipinski definition) is 1. The van der Waals surface area contributed by atoms with E-state index >= 15 is 0 Å². The highest BCUT2D eigenvalue weighted by molar-refractivity contribution is 5.85. The topological polar surface area (TPSA) is 80.2 Å². The van der Waals surface area contributed by atoms with E-state index in [1.807, 2.05) is 13.1 Å². The van der Waals surface area contributed by atoms with Gasteiger partial charge in [-0.2, -0.15) is 5.21 Å². The van der Waals surface area contributed by atoms with Gasteiger partial charge >= 0.3 is 0 Å². The standard InChI is InChI=1S/C22H28N6/c1-5-6-9-17-19(21-25-27-28-26-21)18(15-10-12-23-14(2)13-15)16-8-7-11-22(3,4)20(16)24-17/h10,12-13H,5-9,11H2,1-4H3,(H,25,26,27,28). The molecule has 0 unspecified atom stereocenters. The van der Waals surface area contributed by atoms with Crippen molar-refractivity contribution in [3.8, 4) is 22.5 Å². The molecule has 4 rings (SSSR count). The zero-order valence-electron chi connectivity index (χ0n) is 17.2. The Bertz CT molecular complexity index is 975. The number of fused-ring (bicyclic) bond motifs is 1. The number of aromatic nitrogens is 6. The van der Waals surface area contributed by atoms with Gasteiger partial charge in [-0.05, 0) is 73.1 Å². The monoisotopic (exact) mass is 376 g/mol. The molecule has 1 N–H and O–H groups in total. The third-order valence-electron chi connectivity index (χ3n) is 5.76. The van der Waals surface area contributed by atoms with Gasteiger partial charge in [-0.1, -0.05) is 27.2 Å². The van der Waals surface area contributed by atoms with Crippen molar-refractivity contribution in [3.05, 3.63) is 41.0 Å². The van der Waals surface area contributed by atoms with E-state index in [4.69, 9.17) is 4.98 Å². The molecule has 1 aliphatic rings. The maximum Gasteiger partial charge on any atom is 0.207 e. The van der Waals surface area contributed by atoms with Crippen LogP contribution in [0.2, 0.25) is 0 Å². The number of pyridine rings is 2. The number of tetrazole rings is 1. The van der Waals surface area contributed by atoms with E-state index in [1.165, 1.54) is 28.8 Å². The lowest BCUT2D eigenvalue weighted by molar-refractivity contribution is 0.417. The van der Waals surface area contributed by atoms with Crippen molar-refractivity contribution in [1.82, 2.24) is 30.6 Å². The molecule has 146 valence electrons. The molecule has 0 aromatic carbocycles. The molecule has 0 atom stereocenters. The Hall–Kier alpha value is -2.63. The SMILES string of the molecule is CCCCc1nc2c(c(-c3ccnc(C)c3)c1-c1nn[nH]n1)CCCC2(C)C. The zero-order valence-corrected chi connectivity index (χ0v) is 17.2. The second-order valence-electron chi connectivity index (χ2n) is 8.40. The van der Waals surface area contributed by atoms with Gasteiger partial charge in [0.15, 0.2) is 0 Å². The molecule has 0 amide bonds. The van der Waals surface area contributed by atoms with Gasteiger partial charge in [0.1, 0.15) is 0 Å². The molecule has 28 heavy (non-hydrogen) atoms. The molecule has 0 aliphatic heterocycles. The van der Waals surface area contributed by atoms with Crippen molar-refractivity contribution in [3.63, 3.8) is 0 Å². The molecule has 1 aliphatic carbocycles. The fraction of sp³-hybridized carbons (Fsp3) is 0.500. The van der Waals surface area contributed by atoms with Crippen LogP contribution in [0.25, 0.3) is 22.5 Å². The first-order chi connectivity index (χ1) is 13.5. The van der Waals surface area contributed by atoms with Crippen molar-refractivity contribution in [2.75, 3.05) is 0 Å². The maximum atomic E-state index is 5.23. The van der Waals surface area contributed by atoms with Crippen LogP contribution in [-0.2, 0) is 18.3 Å². The minimum atomic E-state index is 0.0706. The van der Waals surface area contributed by atoms with Crippen LogP contribution in [0.3, 0.4) is 0 Å². The predicted octanol–water partition coefficient (Wildman–Crippen LogP) is 4.59. The largest absolute Gasteiger partial charge is 0.262 e. The third-order valence-corrected chi connectivity index (χ3v) is 5.76. The van der Waals surface area contributed by atoms with Crippen LogP contribution in [0, 0.1) is 6.92 Å². The van der Waals surface area contributed by atoms with Gasteiger partial charge in [0, 0.05) is 17.3 Å². The van der Waals surface area contributed by atoms with Crippen molar-refractivity contribution in [1.29, 1.82) is 0 Å². The quantitative estimate of drug-likeness (QED) is 0.704. The molecule has 0 spiro atoms. The number of rotatable bonds is 5. The van der Waals surface area contributed by atoms with Gasteiger partial charge in [0.25, 0.3) is 0 Å². The lowest BCUT2D eigenvalue weighted by Gasteiger charge is -2.34. The lowest BCUT2D eigenvalue weighted by atomic mass is 9.73. The molecule has 6 heteroatoms. The van der Waals surface area contributed by atoms with Crippen LogP contribution < -0.4 is 0 Å². The highest BCUT2D eigenvalue weighted by Crippen LogP contribution is 2.44. The smallest absolute Gasteiger partial charge is 0.207 e. The second kappa shape index (κ2) is 7.41. The van der Waals surface area contributed by atoms with Gasteiger partial charge in [-0.15, -0.1) is 10.2 Å². The van der Waals surface area contributed by atoms with Gasteiger partial charge in [-0.3, -0.25) is 9.97 Å². The highest BCUT2D eigenvalue weighted by Gasteiger charge is 2.34. The number of aromatic amines is 1. The molecular weight excluding hydrogens is 348 g/mol. The van der Waals surface area contributed by atoms with E-state index in [9.17, 15) is 0 Å². The number of hydrogen-bond acceptors (Lipinski definition) is 5. The van der Waals surface area contributed by atoms with Crippen LogP contribution in [0.1, 0.15) is 69.1 Å². The van der Waals surface area contributed by atoms with E-state index in [0.717, 1.165) is 49.1 Å². The van der Waals surface area contributed by atoms with Crippen molar-refractivity contribution < 1.29 is 0 Å². The normalized spacial score (nSPS) is 15.4. The van der Waals surface area contributed by atoms with Gasteiger partial charge in [-0.25, -0.2) is 0 Å². The fourth-order valence-corrected chi connectivity index (χ4v) is 4.35. The first kappa shape index (κ1) is 18.7. The minimum Gasteiger partial charge on any atom is -0.262 e. The zero-order chi connectivity index (χ0) is 19.7. The van der Waals surface area contributed by atoms with Crippen molar-refractivity contribution in [2.24, 2.45) is 0 Å². The summed E-state index contributed by atoms with van der Waals surface area (Å²) in [4.78, 5) is 9.64. The molecule has 0 bridgehead atoms. The fourth-order valence-electron chi connectivity index (χ4n) is 4.35. The summed E-state index contributed by atoms with van der Waals surface area (Å²) in [6.45, 7) is 8.88. The molecule has 3 aromatic heterocycles. The molecule has 3 aromatic rings. The average Bonchev–Trinajstić information content (AvgIpc) is 3.19. The molecule has 0 saturated heterocycles. The Morgan fingerprint density at radius 1 is 1.21 bits per heavy atom. The Morgan fingerprint density at radius 3 is 2.79 bits per heavy atom. The van der Waals surface area contributed by atoms with Crippen LogP contribution in [-0.4, -0.2) is 30.6 Å². The number of unbranched alkanes of at least 4 members (excludes halogenated alkanes) is 1. The number of H-pyrrole nitrogens is 1. The Kier molecular flexibility index (Phi) is 4.96. The molecular formula is C22H28N6. The maximum absolute atomic E-state index is 5.23. The summed E-state index contributed by atoms with van der Waals surface area (Å²) in [5.74, 6) is 0.634.